The first-order valence-corrected chi connectivity index (χ1v) is 12.2. The Labute approximate surface area is 270 Å². The van der Waals surface area contributed by atoms with Crippen molar-refractivity contribution in [2.75, 3.05) is 0 Å². The molecule has 0 fully saturated rings. The molecular weight excluding hydrogens is 496 g/mol. The molecule has 0 unspecified atom stereocenters. The first kappa shape index (κ1) is 9.33. The summed E-state index contributed by atoms with van der Waals surface area (Å²) < 4.78 is 221. The first-order chi connectivity index (χ1) is 30.3. The molecule has 0 atom stereocenters. The Morgan fingerprint density at radius 1 is 0.390 bits per heavy atom. The molecule has 0 radical (unpaired) electrons. The van der Waals surface area contributed by atoms with Gasteiger partial charge in [-0.2, -0.15) is 0 Å². The lowest BCUT2D eigenvalue weighted by molar-refractivity contribution is 0.669. The number of furan rings is 1. The fourth-order valence-electron chi connectivity index (χ4n) is 5.21. The third kappa shape index (κ3) is 3.24. The van der Waals surface area contributed by atoms with Crippen LogP contribution in [0.15, 0.2) is 149 Å². The minimum Gasteiger partial charge on any atom is -0.456 e. The van der Waals surface area contributed by atoms with Gasteiger partial charge in [-0.1, -0.05) is 127 Å². The van der Waals surface area contributed by atoms with E-state index in [1.807, 2.05) is 0 Å². The van der Waals surface area contributed by atoms with Crippen LogP contribution in [0.4, 0.5) is 0 Å². The maximum absolute atomic E-state index is 9.64. The quantitative estimate of drug-likeness (QED) is 0.156. The van der Waals surface area contributed by atoms with Crippen molar-refractivity contribution in [3.05, 3.63) is 145 Å². The van der Waals surface area contributed by atoms with Gasteiger partial charge in [0.15, 0.2) is 0 Å². The molecular formula is C40H24O. The lowest BCUT2D eigenvalue weighted by Gasteiger charge is -2.19. The zero-order chi connectivity index (χ0) is 47.8. The summed E-state index contributed by atoms with van der Waals surface area (Å²) in [6.07, 6.45) is 0. The van der Waals surface area contributed by atoms with Crippen molar-refractivity contribution in [2.45, 2.75) is 0 Å². The molecule has 8 aromatic carbocycles. The van der Waals surface area contributed by atoms with E-state index in [1.165, 1.54) is 0 Å². The van der Waals surface area contributed by atoms with E-state index in [0.29, 0.717) is 0 Å². The number of hydrogen-bond donors (Lipinski definition) is 0. The molecule has 1 heteroatoms. The average molecular weight is 545 g/mol. The smallest absolute Gasteiger partial charge is 0.135 e. The molecule has 0 aliphatic heterocycles. The zero-order valence-corrected chi connectivity index (χ0v) is 20.4. The van der Waals surface area contributed by atoms with Crippen LogP contribution in [0.1, 0.15) is 32.9 Å². The molecule has 0 aliphatic carbocycles. The largest absolute Gasteiger partial charge is 0.456 e. The highest BCUT2D eigenvalue weighted by Crippen LogP contribution is 2.47. The van der Waals surface area contributed by atoms with Gasteiger partial charge < -0.3 is 4.42 Å². The summed E-state index contributed by atoms with van der Waals surface area (Å²) in [6, 6.07) is -20.8. The second kappa shape index (κ2) is 8.55. The van der Waals surface area contributed by atoms with Crippen LogP contribution in [0.25, 0.3) is 87.3 Å². The summed E-state index contributed by atoms with van der Waals surface area (Å²) in [4.78, 5) is 0. The molecule has 0 aliphatic rings. The van der Waals surface area contributed by atoms with Crippen molar-refractivity contribution < 1.29 is 37.3 Å². The number of para-hydroxylation sites is 1. The van der Waals surface area contributed by atoms with E-state index < -0.39 is 232 Å². The molecule has 9 rings (SSSR count). The van der Waals surface area contributed by atoms with Crippen LogP contribution in [-0.4, -0.2) is 0 Å². The Morgan fingerprint density at radius 2 is 0.951 bits per heavy atom. The molecule has 0 saturated heterocycles. The molecule has 0 N–H and O–H groups in total. The maximum Gasteiger partial charge on any atom is 0.135 e. The molecule has 0 spiro atoms. The molecule has 0 saturated carbocycles. The number of rotatable bonds is 2. The van der Waals surface area contributed by atoms with E-state index in [0.717, 1.165) is 0 Å². The molecule has 1 aromatic heterocycles. The molecule has 190 valence electrons. The van der Waals surface area contributed by atoms with Crippen molar-refractivity contribution >= 4 is 65.0 Å². The van der Waals surface area contributed by atoms with Gasteiger partial charge in [-0.05, 0) is 83.5 Å². The van der Waals surface area contributed by atoms with Crippen molar-refractivity contribution in [1.82, 2.24) is 0 Å². The van der Waals surface area contributed by atoms with Crippen LogP contribution in [0.3, 0.4) is 0 Å². The normalized spacial score (nSPS) is 20.1. The predicted molar refractivity (Wildman–Crippen MR) is 175 cm³/mol. The lowest BCUT2D eigenvalue weighted by atomic mass is 9.84. The topological polar surface area (TPSA) is 13.1 Å². The fraction of sp³-hybridized carbons (Fsp3) is 0. The van der Waals surface area contributed by atoms with Crippen molar-refractivity contribution in [3.63, 3.8) is 0 Å². The van der Waals surface area contributed by atoms with E-state index in [1.54, 1.807) is 0 Å². The van der Waals surface area contributed by atoms with E-state index >= 15 is 0 Å². The Bertz CT molecular complexity index is 3740. The van der Waals surface area contributed by atoms with Gasteiger partial charge in [-0.25, -0.2) is 0 Å². The maximum atomic E-state index is 9.64. The summed E-state index contributed by atoms with van der Waals surface area (Å²) in [5.41, 5.74) is -3.75. The Morgan fingerprint density at radius 3 is 1.71 bits per heavy atom. The molecule has 41 heavy (non-hydrogen) atoms. The highest BCUT2D eigenvalue weighted by atomic mass is 16.3. The van der Waals surface area contributed by atoms with Gasteiger partial charge >= 0.3 is 0 Å². The van der Waals surface area contributed by atoms with Crippen LogP contribution in [0, 0.1) is 0 Å². The monoisotopic (exact) mass is 544 g/mol. The predicted octanol–water partition coefficient (Wildman–Crippen LogP) is 11.5. The highest BCUT2D eigenvalue weighted by molar-refractivity contribution is 6.26. The van der Waals surface area contributed by atoms with Crippen LogP contribution in [0.2, 0.25) is 0 Å². The van der Waals surface area contributed by atoms with E-state index in [4.69, 9.17) is 27.7 Å². The van der Waals surface area contributed by atoms with Crippen molar-refractivity contribution in [2.24, 2.45) is 0 Å². The van der Waals surface area contributed by atoms with Crippen LogP contribution < -0.4 is 0 Å². The van der Waals surface area contributed by atoms with E-state index in [9.17, 15) is 9.60 Å². The third-order valence-electron chi connectivity index (χ3n) is 6.89. The van der Waals surface area contributed by atoms with Crippen LogP contribution in [0.5, 0.6) is 0 Å². The second-order valence-corrected chi connectivity index (χ2v) is 9.01. The standard InChI is InChI=1S/C40H24O/c1-2-12-28-25(10-1)20-21-26-11-9-18-34(38(26)28)40-32-16-5-3-14-30(32)39(31-15-4-6-17-33(31)40)27-22-23-37-35(24-27)29-13-7-8-19-36(29)41-37/h1-24H/i1D,2D,3D,4D,5D,6D,7D,8D,9D,10D,11D,12D,13D,14D,15D,16D,17D,18D,19D,20D,21D,22D,23D,24D. The van der Waals surface area contributed by atoms with E-state index in [-0.39, 0.29) is 0 Å². The molecule has 1 heterocycles. The Hall–Kier alpha value is -5.40. The number of fused-ring (bicyclic) bond motifs is 8. The van der Waals surface area contributed by atoms with Crippen molar-refractivity contribution in [1.29, 1.82) is 0 Å². The first-order valence-electron chi connectivity index (χ1n) is 24.2. The minimum atomic E-state index is -0.959. The van der Waals surface area contributed by atoms with Gasteiger partial charge in [0.2, 0.25) is 0 Å². The summed E-state index contributed by atoms with van der Waals surface area (Å²) in [6.45, 7) is 0. The summed E-state index contributed by atoms with van der Waals surface area (Å²) in [7, 11) is 0. The minimum absolute atomic E-state index is 0.403. The number of hydrogen-bond acceptors (Lipinski definition) is 1. The molecule has 0 amide bonds. The van der Waals surface area contributed by atoms with Gasteiger partial charge in [-0.3, -0.25) is 0 Å². The second-order valence-electron chi connectivity index (χ2n) is 9.01. The van der Waals surface area contributed by atoms with Gasteiger partial charge in [0.25, 0.3) is 0 Å². The van der Waals surface area contributed by atoms with Crippen molar-refractivity contribution in [3.8, 4) is 22.3 Å². The van der Waals surface area contributed by atoms with E-state index in [2.05, 4.69) is 0 Å². The summed E-state index contributed by atoms with van der Waals surface area (Å²) >= 11 is 0. The third-order valence-corrected chi connectivity index (χ3v) is 6.89. The average Bonchev–Trinajstić information content (AvgIpc) is 3.69. The Balaban J connectivity index is 1.70. The van der Waals surface area contributed by atoms with Crippen LogP contribution >= 0.6 is 0 Å². The summed E-state index contributed by atoms with van der Waals surface area (Å²) in [5, 5.41) is -5.88. The SMILES string of the molecule is [2H]c1c([2H])c([2H])c2c(oc3c([2H])c([2H])c(-c4c5c([2H])c([2H])c([2H])c([2H])c5c(-c5c([2H])c([2H])c([2H])c6c([2H])c([2H])c7c([2H])c([2H])c([2H])c([2H])c7c56)c5c([2H])c([2H])c([2H])c([2H])c45)c([2H])c32)c1[2H]. The zero-order valence-electron chi connectivity index (χ0n) is 44.4. The van der Waals surface area contributed by atoms with Gasteiger partial charge in [0.1, 0.15) is 11.2 Å². The van der Waals surface area contributed by atoms with Gasteiger partial charge in [0.05, 0.1) is 32.9 Å². The van der Waals surface area contributed by atoms with Gasteiger partial charge in [0, 0.05) is 10.8 Å². The fourth-order valence-corrected chi connectivity index (χ4v) is 5.21. The lowest BCUT2D eigenvalue weighted by Crippen LogP contribution is -1.92. The number of benzene rings is 8. The van der Waals surface area contributed by atoms with Gasteiger partial charge in [-0.15, -0.1) is 0 Å². The van der Waals surface area contributed by atoms with Crippen LogP contribution in [-0.2, 0) is 0 Å². The Kier molecular flexibility index (Phi) is 1.94. The molecule has 9 aromatic rings. The summed E-state index contributed by atoms with van der Waals surface area (Å²) in [5.74, 6) is 0. The molecule has 0 bridgehead atoms. The molecule has 1 nitrogen and oxygen atoms in total. The highest BCUT2D eigenvalue weighted by Gasteiger charge is 2.19.